The highest BCUT2D eigenvalue weighted by Crippen LogP contribution is 2.33. The second kappa shape index (κ2) is 8.30. The van der Waals surface area contributed by atoms with Gasteiger partial charge in [-0.1, -0.05) is 13.3 Å². The van der Waals surface area contributed by atoms with Crippen LogP contribution in [0.5, 0.6) is 5.75 Å². The molecule has 158 valence electrons. The molecule has 3 heterocycles. The average Bonchev–Trinajstić information content (AvgIpc) is 3.05. The van der Waals surface area contributed by atoms with Crippen LogP contribution in [0.15, 0.2) is 23.0 Å². The van der Waals surface area contributed by atoms with Crippen LogP contribution in [-0.2, 0) is 18.3 Å². The lowest BCUT2D eigenvalue weighted by molar-refractivity contribution is -0.119. The molecule has 0 bridgehead atoms. The molecule has 1 N–H and O–H groups in total. The second-order valence-corrected chi connectivity index (χ2v) is 7.57. The molecule has 0 radical (unpaired) electrons. The van der Waals surface area contributed by atoms with Crippen molar-refractivity contribution in [2.45, 2.75) is 39.5 Å². The monoisotopic (exact) mass is 409 g/mol. The van der Waals surface area contributed by atoms with Gasteiger partial charge in [0.1, 0.15) is 22.9 Å². The van der Waals surface area contributed by atoms with Gasteiger partial charge in [-0.3, -0.25) is 14.3 Å². The highest BCUT2D eigenvalue weighted by atomic mass is 16.5. The van der Waals surface area contributed by atoms with E-state index in [1.807, 2.05) is 25.1 Å². The number of nitrogens with zero attached hydrogens (tertiary/aromatic N) is 4. The molecule has 1 aliphatic rings. The third-order valence-electron chi connectivity index (χ3n) is 5.45. The van der Waals surface area contributed by atoms with Gasteiger partial charge in [-0.15, -0.1) is 0 Å². The van der Waals surface area contributed by atoms with Crippen LogP contribution >= 0.6 is 0 Å². The number of Topliss-reactive ketones (excluding diaryl/α,β-unsaturated/α-hetero) is 1. The lowest BCUT2D eigenvalue weighted by Gasteiger charge is -2.28. The molecule has 0 amide bonds. The zero-order valence-corrected chi connectivity index (χ0v) is 17.7. The minimum Gasteiger partial charge on any atom is -0.493 e. The fourth-order valence-corrected chi connectivity index (χ4v) is 3.98. The molecule has 30 heavy (non-hydrogen) atoms. The number of aryl methyl sites for hydroxylation is 2. The number of H-pyrrole nitrogens is 1. The number of benzene rings is 1. The van der Waals surface area contributed by atoms with Gasteiger partial charge < -0.3 is 14.6 Å². The Morgan fingerprint density at radius 2 is 1.93 bits per heavy atom. The summed E-state index contributed by atoms with van der Waals surface area (Å²) in [7, 11) is 1.77. The van der Waals surface area contributed by atoms with Gasteiger partial charge in [0, 0.05) is 38.7 Å². The molecule has 0 saturated carbocycles. The third-order valence-corrected chi connectivity index (χ3v) is 5.45. The summed E-state index contributed by atoms with van der Waals surface area (Å²) in [6, 6.07) is 5.89. The van der Waals surface area contributed by atoms with Crippen LogP contribution in [0.1, 0.15) is 38.8 Å². The van der Waals surface area contributed by atoms with Gasteiger partial charge in [-0.05, 0) is 31.5 Å². The lowest BCUT2D eigenvalue weighted by atomic mass is 10.1. The highest BCUT2D eigenvalue weighted by Gasteiger charge is 2.21. The van der Waals surface area contributed by atoms with Crippen molar-refractivity contribution >= 4 is 22.5 Å². The van der Waals surface area contributed by atoms with Crippen LogP contribution in [0.4, 0.5) is 5.69 Å². The number of ketones is 1. The van der Waals surface area contributed by atoms with Crippen LogP contribution in [0, 0.1) is 0 Å². The normalized spacial score (nSPS) is 14.5. The summed E-state index contributed by atoms with van der Waals surface area (Å²) in [6.07, 6.45) is 2.79. The maximum Gasteiger partial charge on any atom is 0.277 e. The molecule has 8 heteroatoms. The Morgan fingerprint density at radius 3 is 2.63 bits per heavy atom. The number of hydrogen-bond donors (Lipinski definition) is 1. The van der Waals surface area contributed by atoms with Crippen LogP contribution < -0.4 is 15.2 Å². The van der Waals surface area contributed by atoms with Crippen molar-refractivity contribution in [1.29, 1.82) is 0 Å². The topological polar surface area (TPSA) is 93.1 Å². The largest absolute Gasteiger partial charge is 0.493 e. The number of anilines is 1. The van der Waals surface area contributed by atoms with Crippen molar-refractivity contribution < 1.29 is 9.53 Å². The van der Waals surface area contributed by atoms with E-state index in [-0.39, 0.29) is 5.56 Å². The van der Waals surface area contributed by atoms with Crippen molar-refractivity contribution in [2.24, 2.45) is 7.05 Å². The lowest BCUT2D eigenvalue weighted by Crippen LogP contribution is -2.33. The fourth-order valence-electron chi connectivity index (χ4n) is 3.98. The van der Waals surface area contributed by atoms with Crippen LogP contribution in [0.3, 0.4) is 0 Å². The zero-order chi connectivity index (χ0) is 21.3. The number of aromatic nitrogens is 4. The Bertz CT molecular complexity index is 1140. The molecule has 0 aliphatic carbocycles. The molecule has 0 atom stereocenters. The van der Waals surface area contributed by atoms with Crippen molar-refractivity contribution in [2.75, 3.05) is 24.6 Å². The minimum absolute atomic E-state index is 0.219. The predicted molar refractivity (Wildman–Crippen MR) is 116 cm³/mol. The number of piperidine rings is 1. The van der Waals surface area contributed by atoms with Gasteiger partial charge in [-0.25, -0.2) is 4.98 Å². The Morgan fingerprint density at radius 1 is 1.17 bits per heavy atom. The second-order valence-electron chi connectivity index (χ2n) is 7.57. The van der Waals surface area contributed by atoms with Crippen molar-refractivity contribution in [3.63, 3.8) is 0 Å². The van der Waals surface area contributed by atoms with E-state index in [0.29, 0.717) is 60.9 Å². The summed E-state index contributed by atoms with van der Waals surface area (Å²) in [5.41, 5.74) is 3.44. The number of ether oxygens (including phenoxy) is 1. The predicted octanol–water partition coefficient (Wildman–Crippen LogP) is 2.84. The maximum atomic E-state index is 12.9. The summed E-state index contributed by atoms with van der Waals surface area (Å²) in [5.74, 6) is 1.43. The number of aromatic amines is 1. The minimum atomic E-state index is -0.219. The first-order valence-corrected chi connectivity index (χ1v) is 10.5. The van der Waals surface area contributed by atoms with Crippen molar-refractivity contribution in [3.8, 4) is 17.1 Å². The van der Waals surface area contributed by atoms with Gasteiger partial charge in [0.05, 0.1) is 17.9 Å². The molecule has 0 unspecified atom stereocenters. The quantitative estimate of drug-likeness (QED) is 0.673. The van der Waals surface area contributed by atoms with E-state index in [9.17, 15) is 9.59 Å². The summed E-state index contributed by atoms with van der Waals surface area (Å²) < 4.78 is 7.43. The maximum absolute atomic E-state index is 12.9. The Balaban J connectivity index is 1.84. The number of rotatable bonds is 6. The smallest absolute Gasteiger partial charge is 0.277 e. The molecule has 1 aliphatic heterocycles. The summed E-state index contributed by atoms with van der Waals surface area (Å²) in [6.45, 7) is 5.89. The van der Waals surface area contributed by atoms with Gasteiger partial charge in [-0.2, -0.15) is 5.10 Å². The van der Waals surface area contributed by atoms with E-state index in [2.05, 4.69) is 21.9 Å². The van der Waals surface area contributed by atoms with Crippen molar-refractivity contribution in [3.05, 3.63) is 34.2 Å². The van der Waals surface area contributed by atoms with Gasteiger partial charge in [0.15, 0.2) is 5.52 Å². The average molecular weight is 409 g/mol. The number of carbonyl (C=O) groups is 1. The third kappa shape index (κ3) is 3.69. The van der Waals surface area contributed by atoms with E-state index in [4.69, 9.17) is 9.72 Å². The standard InChI is InChI=1S/C22H27N5O3/c1-4-6-17-19-20(26(3)25-17)22(29)24-21(23-19)16-13-14(7-8-18(16)30-5-2)27-11-9-15(28)10-12-27/h7-8,13H,4-6,9-12H2,1-3H3,(H,23,24,29). The van der Waals surface area contributed by atoms with E-state index >= 15 is 0 Å². The summed E-state index contributed by atoms with van der Waals surface area (Å²) in [5, 5.41) is 4.49. The molecule has 2 aromatic heterocycles. The number of fused-ring (bicyclic) bond motifs is 1. The molecular weight excluding hydrogens is 382 g/mol. The molecule has 1 fully saturated rings. The van der Waals surface area contributed by atoms with E-state index in [1.54, 1.807) is 11.7 Å². The van der Waals surface area contributed by atoms with E-state index in [1.165, 1.54) is 0 Å². The van der Waals surface area contributed by atoms with Crippen LogP contribution in [-0.4, -0.2) is 45.2 Å². The first kappa shape index (κ1) is 20.1. The van der Waals surface area contributed by atoms with E-state index < -0.39 is 0 Å². The number of carbonyl (C=O) groups excluding carboxylic acids is 1. The molecule has 8 nitrogen and oxygen atoms in total. The summed E-state index contributed by atoms with van der Waals surface area (Å²) >= 11 is 0. The Labute approximate surface area is 174 Å². The molecule has 1 aromatic carbocycles. The zero-order valence-electron chi connectivity index (χ0n) is 17.7. The van der Waals surface area contributed by atoms with Crippen molar-refractivity contribution in [1.82, 2.24) is 19.7 Å². The van der Waals surface area contributed by atoms with Crippen LogP contribution in [0.2, 0.25) is 0 Å². The number of hydrogen-bond acceptors (Lipinski definition) is 6. The van der Waals surface area contributed by atoms with Crippen LogP contribution in [0.25, 0.3) is 22.4 Å². The first-order chi connectivity index (χ1) is 14.5. The molecule has 1 saturated heterocycles. The highest BCUT2D eigenvalue weighted by molar-refractivity contribution is 5.82. The Hall–Kier alpha value is -3.16. The van der Waals surface area contributed by atoms with E-state index in [0.717, 1.165) is 29.8 Å². The molecule has 4 rings (SSSR count). The first-order valence-electron chi connectivity index (χ1n) is 10.5. The van der Waals surface area contributed by atoms with Gasteiger partial charge in [0.2, 0.25) is 0 Å². The summed E-state index contributed by atoms with van der Waals surface area (Å²) in [4.78, 5) is 34.4. The molecular formula is C22H27N5O3. The van der Waals surface area contributed by atoms with Gasteiger partial charge in [0.25, 0.3) is 5.56 Å². The number of nitrogens with one attached hydrogen (secondary N) is 1. The SMILES string of the molecule is CCCc1nn(C)c2c(=O)[nH]c(-c3cc(N4CCC(=O)CC4)ccc3OCC)nc12. The molecule has 3 aromatic rings. The van der Waals surface area contributed by atoms with Gasteiger partial charge >= 0.3 is 0 Å². The molecule has 0 spiro atoms. The Kier molecular flexibility index (Phi) is 5.57. The fraction of sp³-hybridized carbons (Fsp3) is 0.455.